The van der Waals surface area contributed by atoms with Crippen LogP contribution >= 0.6 is 0 Å². The van der Waals surface area contributed by atoms with Crippen LogP contribution in [0.3, 0.4) is 0 Å². The fourth-order valence-electron chi connectivity index (χ4n) is 1.55. The average Bonchev–Trinajstić information content (AvgIpc) is 2.20. The van der Waals surface area contributed by atoms with Gasteiger partial charge in [0.2, 0.25) is 0 Å². The highest BCUT2D eigenvalue weighted by Crippen LogP contribution is 2.19. The van der Waals surface area contributed by atoms with Gasteiger partial charge in [-0.3, -0.25) is 0 Å². The van der Waals surface area contributed by atoms with Crippen molar-refractivity contribution >= 4 is 5.69 Å². The standard InChI is InChI=1S/C13H21NO/c1-4-5-10(2)9-15-12-6-7-13(14)11(3)8-12/h6-8,10H,4-5,9,14H2,1-3H3/t10-/m0/s1. The molecule has 1 aromatic carbocycles. The van der Waals surface area contributed by atoms with Crippen LogP contribution in [-0.2, 0) is 0 Å². The minimum Gasteiger partial charge on any atom is -0.493 e. The second-order valence-corrected chi connectivity index (χ2v) is 4.22. The first-order valence-corrected chi connectivity index (χ1v) is 5.62. The van der Waals surface area contributed by atoms with E-state index in [0.717, 1.165) is 23.6 Å². The van der Waals surface area contributed by atoms with Gasteiger partial charge in [0.05, 0.1) is 6.61 Å². The van der Waals surface area contributed by atoms with E-state index >= 15 is 0 Å². The smallest absolute Gasteiger partial charge is 0.119 e. The molecule has 0 amide bonds. The Hall–Kier alpha value is -1.18. The van der Waals surface area contributed by atoms with Gasteiger partial charge in [0.25, 0.3) is 0 Å². The molecule has 0 saturated carbocycles. The fourth-order valence-corrected chi connectivity index (χ4v) is 1.55. The Morgan fingerprint density at radius 2 is 2.13 bits per heavy atom. The summed E-state index contributed by atoms with van der Waals surface area (Å²) < 4.78 is 5.70. The number of nitrogens with two attached hydrogens (primary N) is 1. The highest BCUT2D eigenvalue weighted by molar-refractivity contribution is 5.49. The molecule has 0 aromatic heterocycles. The molecule has 0 heterocycles. The summed E-state index contributed by atoms with van der Waals surface area (Å²) in [5.74, 6) is 1.54. The van der Waals surface area contributed by atoms with E-state index in [1.54, 1.807) is 0 Å². The maximum absolute atomic E-state index is 5.74. The Kier molecular flexibility index (Phi) is 4.47. The number of benzene rings is 1. The number of aryl methyl sites for hydroxylation is 1. The summed E-state index contributed by atoms with van der Waals surface area (Å²) in [5.41, 5.74) is 7.64. The molecule has 15 heavy (non-hydrogen) atoms. The van der Waals surface area contributed by atoms with E-state index in [2.05, 4.69) is 13.8 Å². The van der Waals surface area contributed by atoms with Gasteiger partial charge in [0.15, 0.2) is 0 Å². The van der Waals surface area contributed by atoms with Gasteiger partial charge in [-0.25, -0.2) is 0 Å². The van der Waals surface area contributed by atoms with E-state index in [0.29, 0.717) is 5.92 Å². The van der Waals surface area contributed by atoms with Gasteiger partial charge in [-0.1, -0.05) is 20.3 Å². The zero-order chi connectivity index (χ0) is 11.3. The minimum atomic E-state index is 0.618. The molecule has 0 fully saturated rings. The zero-order valence-corrected chi connectivity index (χ0v) is 9.92. The van der Waals surface area contributed by atoms with E-state index in [4.69, 9.17) is 10.5 Å². The van der Waals surface area contributed by atoms with Crippen molar-refractivity contribution in [1.82, 2.24) is 0 Å². The maximum Gasteiger partial charge on any atom is 0.119 e. The summed E-state index contributed by atoms with van der Waals surface area (Å²) in [5, 5.41) is 0. The lowest BCUT2D eigenvalue weighted by molar-refractivity contribution is 0.251. The van der Waals surface area contributed by atoms with Gasteiger partial charge in [-0.05, 0) is 43.0 Å². The van der Waals surface area contributed by atoms with Crippen LogP contribution in [0, 0.1) is 12.8 Å². The van der Waals surface area contributed by atoms with Crippen LogP contribution in [0.4, 0.5) is 5.69 Å². The van der Waals surface area contributed by atoms with Crippen molar-refractivity contribution in [3.05, 3.63) is 23.8 Å². The van der Waals surface area contributed by atoms with Gasteiger partial charge in [0.1, 0.15) is 5.75 Å². The molecule has 0 aliphatic heterocycles. The number of hydrogen-bond acceptors (Lipinski definition) is 2. The normalized spacial score (nSPS) is 12.5. The third-order valence-corrected chi connectivity index (χ3v) is 2.56. The molecule has 0 unspecified atom stereocenters. The third kappa shape index (κ3) is 3.82. The fraction of sp³-hybridized carbons (Fsp3) is 0.538. The molecule has 1 atom stereocenters. The van der Waals surface area contributed by atoms with Crippen molar-refractivity contribution in [2.45, 2.75) is 33.6 Å². The van der Waals surface area contributed by atoms with Crippen LogP contribution < -0.4 is 10.5 Å². The number of rotatable bonds is 5. The van der Waals surface area contributed by atoms with Crippen molar-refractivity contribution in [2.75, 3.05) is 12.3 Å². The first-order valence-electron chi connectivity index (χ1n) is 5.62. The Balaban J connectivity index is 2.47. The SMILES string of the molecule is CCC[C@H](C)COc1ccc(N)c(C)c1. The van der Waals surface area contributed by atoms with E-state index in [1.165, 1.54) is 12.8 Å². The lowest BCUT2D eigenvalue weighted by Gasteiger charge is -2.12. The zero-order valence-electron chi connectivity index (χ0n) is 9.92. The summed E-state index contributed by atoms with van der Waals surface area (Å²) in [6, 6.07) is 5.82. The number of nitrogen functional groups attached to an aromatic ring is 1. The molecular formula is C13H21NO. The van der Waals surface area contributed by atoms with Gasteiger partial charge >= 0.3 is 0 Å². The average molecular weight is 207 g/mol. The van der Waals surface area contributed by atoms with Crippen LogP contribution in [0.15, 0.2) is 18.2 Å². The van der Waals surface area contributed by atoms with E-state index in [-0.39, 0.29) is 0 Å². The molecule has 2 heteroatoms. The van der Waals surface area contributed by atoms with Gasteiger partial charge in [0, 0.05) is 5.69 Å². The highest BCUT2D eigenvalue weighted by atomic mass is 16.5. The molecule has 0 bridgehead atoms. The summed E-state index contributed by atoms with van der Waals surface area (Å²) >= 11 is 0. The van der Waals surface area contributed by atoms with Crippen LogP contribution in [0.25, 0.3) is 0 Å². The van der Waals surface area contributed by atoms with Gasteiger partial charge < -0.3 is 10.5 Å². The second-order valence-electron chi connectivity index (χ2n) is 4.22. The molecule has 0 aliphatic rings. The Labute approximate surface area is 92.4 Å². The largest absolute Gasteiger partial charge is 0.493 e. The predicted molar refractivity (Wildman–Crippen MR) is 65.2 cm³/mol. The minimum absolute atomic E-state index is 0.618. The molecule has 1 aromatic rings. The van der Waals surface area contributed by atoms with Crippen LogP contribution in [-0.4, -0.2) is 6.61 Å². The Bertz CT molecular complexity index is 309. The van der Waals surface area contributed by atoms with Crippen LogP contribution in [0.2, 0.25) is 0 Å². The molecule has 0 saturated heterocycles. The molecule has 0 aliphatic carbocycles. The topological polar surface area (TPSA) is 35.2 Å². The van der Waals surface area contributed by atoms with E-state index in [1.807, 2.05) is 25.1 Å². The van der Waals surface area contributed by atoms with E-state index < -0.39 is 0 Å². The number of hydrogen-bond donors (Lipinski definition) is 1. The molecule has 0 radical (unpaired) electrons. The Morgan fingerprint density at radius 3 is 2.73 bits per heavy atom. The summed E-state index contributed by atoms with van der Waals surface area (Å²) in [4.78, 5) is 0. The first-order chi connectivity index (χ1) is 7.13. The third-order valence-electron chi connectivity index (χ3n) is 2.56. The lowest BCUT2D eigenvalue weighted by Crippen LogP contribution is -2.08. The Morgan fingerprint density at radius 1 is 1.40 bits per heavy atom. The number of ether oxygens (including phenoxy) is 1. The van der Waals surface area contributed by atoms with Crippen molar-refractivity contribution in [2.24, 2.45) is 5.92 Å². The van der Waals surface area contributed by atoms with Crippen LogP contribution in [0.5, 0.6) is 5.75 Å². The van der Waals surface area contributed by atoms with Crippen molar-refractivity contribution in [3.63, 3.8) is 0 Å². The lowest BCUT2D eigenvalue weighted by atomic mass is 10.1. The molecule has 1 rings (SSSR count). The number of anilines is 1. The summed E-state index contributed by atoms with van der Waals surface area (Å²) in [6.45, 7) is 7.20. The van der Waals surface area contributed by atoms with E-state index in [9.17, 15) is 0 Å². The first kappa shape index (κ1) is 11.9. The van der Waals surface area contributed by atoms with Crippen molar-refractivity contribution < 1.29 is 4.74 Å². The van der Waals surface area contributed by atoms with Gasteiger partial charge in [-0.15, -0.1) is 0 Å². The molecule has 0 spiro atoms. The monoisotopic (exact) mass is 207 g/mol. The van der Waals surface area contributed by atoms with Crippen molar-refractivity contribution in [1.29, 1.82) is 0 Å². The highest BCUT2D eigenvalue weighted by Gasteiger charge is 2.02. The van der Waals surface area contributed by atoms with Gasteiger partial charge in [-0.2, -0.15) is 0 Å². The molecule has 2 N–H and O–H groups in total. The van der Waals surface area contributed by atoms with Crippen molar-refractivity contribution in [3.8, 4) is 5.75 Å². The molecule has 84 valence electrons. The second kappa shape index (κ2) is 5.64. The quantitative estimate of drug-likeness (QED) is 0.751. The summed E-state index contributed by atoms with van der Waals surface area (Å²) in [6.07, 6.45) is 2.43. The predicted octanol–water partition coefficient (Wildman–Crippen LogP) is 3.39. The van der Waals surface area contributed by atoms with Crippen LogP contribution in [0.1, 0.15) is 32.3 Å². The maximum atomic E-state index is 5.74. The molecular weight excluding hydrogens is 186 g/mol. The summed E-state index contributed by atoms with van der Waals surface area (Å²) in [7, 11) is 0. The molecule has 2 nitrogen and oxygen atoms in total.